The lowest BCUT2D eigenvalue weighted by Gasteiger charge is -2.33. The van der Waals surface area contributed by atoms with E-state index in [-0.39, 0.29) is 30.2 Å². The van der Waals surface area contributed by atoms with Gasteiger partial charge in [0.2, 0.25) is 11.8 Å². The fourth-order valence-electron chi connectivity index (χ4n) is 4.32. The lowest BCUT2D eigenvalue weighted by atomic mass is 10.1. The molecule has 154 valence electrons. The summed E-state index contributed by atoms with van der Waals surface area (Å²) in [4.78, 5) is 29.4. The van der Waals surface area contributed by atoms with Crippen LogP contribution in [0.2, 0.25) is 0 Å². The minimum Gasteiger partial charge on any atom is -0.468 e. The van der Waals surface area contributed by atoms with E-state index in [9.17, 15) is 9.59 Å². The van der Waals surface area contributed by atoms with Gasteiger partial charge >= 0.3 is 0 Å². The molecule has 6 nitrogen and oxygen atoms in total. The van der Waals surface area contributed by atoms with Crippen LogP contribution >= 0.6 is 0 Å². The summed E-state index contributed by atoms with van der Waals surface area (Å²) in [6.07, 6.45) is 5.55. The lowest BCUT2D eigenvalue weighted by Crippen LogP contribution is -2.42. The number of carbonyl (C=O) groups is 2. The van der Waals surface area contributed by atoms with Crippen molar-refractivity contribution in [3.8, 4) is 0 Å². The van der Waals surface area contributed by atoms with Gasteiger partial charge in [-0.1, -0.05) is 24.1 Å². The molecule has 2 atom stereocenters. The van der Waals surface area contributed by atoms with Gasteiger partial charge in [0.1, 0.15) is 5.76 Å². The van der Waals surface area contributed by atoms with Gasteiger partial charge in [-0.15, -0.1) is 0 Å². The Bertz CT molecular complexity index is 826. The number of likely N-dealkylation sites (tertiary alicyclic amines) is 1. The van der Waals surface area contributed by atoms with E-state index in [1.54, 1.807) is 11.2 Å². The number of rotatable bonds is 6. The molecule has 2 saturated heterocycles. The molecule has 1 aromatic heterocycles. The number of piperidine rings is 1. The Balaban J connectivity index is 1.38. The van der Waals surface area contributed by atoms with Crippen molar-refractivity contribution in [2.24, 2.45) is 5.92 Å². The highest BCUT2D eigenvalue weighted by atomic mass is 16.3. The zero-order valence-electron chi connectivity index (χ0n) is 17.0. The molecule has 1 N–H and O–H groups in total. The maximum absolute atomic E-state index is 12.8. The molecule has 0 bridgehead atoms. The van der Waals surface area contributed by atoms with Gasteiger partial charge in [-0.05, 0) is 57.1 Å². The highest BCUT2D eigenvalue weighted by Gasteiger charge is 2.35. The van der Waals surface area contributed by atoms with Crippen molar-refractivity contribution in [1.29, 1.82) is 0 Å². The van der Waals surface area contributed by atoms with E-state index < -0.39 is 0 Å². The topological polar surface area (TPSA) is 65.8 Å². The number of carbonyl (C=O) groups excluding carboxylic acids is 2. The molecule has 0 saturated carbocycles. The van der Waals surface area contributed by atoms with Gasteiger partial charge in [-0.3, -0.25) is 14.5 Å². The second-order valence-corrected chi connectivity index (χ2v) is 8.11. The molecule has 29 heavy (non-hydrogen) atoms. The minimum atomic E-state index is -0.317. The zero-order chi connectivity index (χ0) is 20.2. The Hall–Kier alpha value is -2.60. The molecule has 2 aliphatic rings. The third kappa shape index (κ3) is 4.53. The lowest BCUT2D eigenvalue weighted by molar-refractivity contribution is -0.126. The van der Waals surface area contributed by atoms with E-state index in [1.165, 1.54) is 19.3 Å². The van der Waals surface area contributed by atoms with E-state index in [4.69, 9.17) is 4.42 Å². The Kier molecular flexibility index (Phi) is 6.00. The van der Waals surface area contributed by atoms with Gasteiger partial charge in [0, 0.05) is 25.2 Å². The maximum Gasteiger partial charge on any atom is 0.227 e. The molecule has 2 aromatic rings. The van der Waals surface area contributed by atoms with Crippen molar-refractivity contribution in [2.45, 2.75) is 38.6 Å². The third-order valence-corrected chi connectivity index (χ3v) is 6.01. The molecule has 0 spiro atoms. The second-order valence-electron chi connectivity index (χ2n) is 8.11. The standard InChI is InChI=1S/C23H29N3O3/c1-17-7-9-19(10-8-17)26-16-18(14-22(26)27)23(28)24-15-20(21-6-5-13-29-21)25-11-3-2-4-12-25/h5-10,13,18,20H,2-4,11-12,14-16H2,1H3,(H,24,28). The Labute approximate surface area is 171 Å². The Morgan fingerprint density at radius 1 is 1.17 bits per heavy atom. The number of nitrogens with one attached hydrogen (secondary N) is 1. The van der Waals surface area contributed by atoms with Crippen molar-refractivity contribution < 1.29 is 14.0 Å². The predicted molar refractivity (Wildman–Crippen MR) is 112 cm³/mol. The molecule has 2 fully saturated rings. The molecular formula is C23H29N3O3. The van der Waals surface area contributed by atoms with Crippen molar-refractivity contribution in [3.63, 3.8) is 0 Å². The van der Waals surface area contributed by atoms with E-state index in [2.05, 4.69) is 10.2 Å². The summed E-state index contributed by atoms with van der Waals surface area (Å²) in [6, 6.07) is 11.8. The number of aryl methyl sites for hydroxylation is 1. The Morgan fingerprint density at radius 3 is 2.62 bits per heavy atom. The highest BCUT2D eigenvalue weighted by molar-refractivity contribution is 6.00. The number of benzene rings is 1. The van der Waals surface area contributed by atoms with Gasteiger partial charge in [0.25, 0.3) is 0 Å². The largest absolute Gasteiger partial charge is 0.468 e. The average Bonchev–Trinajstić information content (AvgIpc) is 3.40. The number of anilines is 1. The van der Waals surface area contributed by atoms with E-state index in [0.717, 1.165) is 30.1 Å². The smallest absolute Gasteiger partial charge is 0.227 e. The number of hydrogen-bond acceptors (Lipinski definition) is 4. The second kappa shape index (κ2) is 8.82. The van der Waals surface area contributed by atoms with E-state index >= 15 is 0 Å². The van der Waals surface area contributed by atoms with Gasteiger partial charge in [-0.25, -0.2) is 0 Å². The van der Waals surface area contributed by atoms with Crippen LogP contribution < -0.4 is 10.2 Å². The number of nitrogens with zero attached hydrogens (tertiary/aromatic N) is 2. The number of amides is 2. The van der Waals surface area contributed by atoms with Crippen molar-refractivity contribution in [1.82, 2.24) is 10.2 Å². The van der Waals surface area contributed by atoms with Gasteiger partial charge in [-0.2, -0.15) is 0 Å². The van der Waals surface area contributed by atoms with Crippen LogP contribution in [0.5, 0.6) is 0 Å². The van der Waals surface area contributed by atoms with Gasteiger partial charge in [0.15, 0.2) is 0 Å². The summed E-state index contributed by atoms with van der Waals surface area (Å²) in [6.45, 7) is 4.99. The highest BCUT2D eigenvalue weighted by Crippen LogP contribution is 2.27. The Morgan fingerprint density at radius 2 is 1.93 bits per heavy atom. The van der Waals surface area contributed by atoms with Gasteiger partial charge < -0.3 is 14.6 Å². The molecule has 0 radical (unpaired) electrons. The fraction of sp³-hybridized carbons (Fsp3) is 0.478. The monoisotopic (exact) mass is 395 g/mol. The molecule has 0 aliphatic carbocycles. The van der Waals surface area contributed by atoms with Crippen LogP contribution in [0.25, 0.3) is 0 Å². The molecule has 2 unspecified atom stereocenters. The predicted octanol–water partition coefficient (Wildman–Crippen LogP) is 3.28. The summed E-state index contributed by atoms with van der Waals surface area (Å²) in [5.41, 5.74) is 2.01. The van der Waals surface area contributed by atoms with Crippen LogP contribution in [0.15, 0.2) is 47.1 Å². The third-order valence-electron chi connectivity index (χ3n) is 6.01. The number of furan rings is 1. The van der Waals surface area contributed by atoms with Crippen LogP contribution in [-0.4, -0.2) is 42.9 Å². The molecular weight excluding hydrogens is 366 g/mol. The van der Waals surface area contributed by atoms with E-state index in [1.807, 2.05) is 43.3 Å². The van der Waals surface area contributed by atoms with Crippen molar-refractivity contribution >= 4 is 17.5 Å². The fourth-order valence-corrected chi connectivity index (χ4v) is 4.32. The zero-order valence-corrected chi connectivity index (χ0v) is 17.0. The molecule has 2 aliphatic heterocycles. The van der Waals surface area contributed by atoms with Crippen LogP contribution in [0, 0.1) is 12.8 Å². The first-order valence-corrected chi connectivity index (χ1v) is 10.5. The maximum atomic E-state index is 12.8. The summed E-state index contributed by atoms with van der Waals surface area (Å²) < 4.78 is 5.65. The first kappa shape index (κ1) is 19.7. The van der Waals surface area contributed by atoms with Crippen molar-refractivity contribution in [3.05, 3.63) is 54.0 Å². The van der Waals surface area contributed by atoms with Crippen LogP contribution in [-0.2, 0) is 9.59 Å². The molecule has 4 rings (SSSR count). The first-order valence-electron chi connectivity index (χ1n) is 10.5. The minimum absolute atomic E-state index is 0.00705. The SMILES string of the molecule is Cc1ccc(N2CC(C(=O)NCC(c3ccco3)N3CCCCC3)CC2=O)cc1. The van der Waals surface area contributed by atoms with Gasteiger partial charge in [0.05, 0.1) is 18.2 Å². The molecule has 1 aromatic carbocycles. The normalized spacial score (nSPS) is 21.3. The summed E-state index contributed by atoms with van der Waals surface area (Å²) in [5, 5.41) is 3.09. The summed E-state index contributed by atoms with van der Waals surface area (Å²) in [7, 11) is 0. The quantitative estimate of drug-likeness (QED) is 0.815. The summed E-state index contributed by atoms with van der Waals surface area (Å²) >= 11 is 0. The molecule has 3 heterocycles. The first-order chi connectivity index (χ1) is 14.1. The van der Waals surface area contributed by atoms with Crippen LogP contribution in [0.3, 0.4) is 0 Å². The summed E-state index contributed by atoms with van der Waals surface area (Å²) in [5.74, 6) is 0.521. The van der Waals surface area contributed by atoms with Crippen LogP contribution in [0.1, 0.15) is 43.0 Å². The molecule has 6 heteroatoms. The van der Waals surface area contributed by atoms with Crippen molar-refractivity contribution in [2.75, 3.05) is 31.1 Å². The van der Waals surface area contributed by atoms with Crippen LogP contribution in [0.4, 0.5) is 5.69 Å². The number of hydrogen-bond donors (Lipinski definition) is 1. The van der Waals surface area contributed by atoms with E-state index in [0.29, 0.717) is 13.1 Å². The molecule has 2 amide bonds. The average molecular weight is 396 g/mol.